The monoisotopic (exact) mass is 436 g/mol. The zero-order valence-electron chi connectivity index (χ0n) is 14.5. The van der Waals surface area contributed by atoms with Crippen LogP contribution in [0.4, 0.5) is 0 Å². The Morgan fingerprint density at radius 3 is 2.96 bits per heavy atom. The normalized spacial score (nSPS) is 16.8. The van der Waals surface area contributed by atoms with E-state index in [0.29, 0.717) is 6.42 Å². The molecule has 0 radical (unpaired) electrons. The van der Waals surface area contributed by atoms with Gasteiger partial charge in [-0.25, -0.2) is 0 Å². The smallest absolute Gasteiger partial charge is 0.287 e. The highest BCUT2D eigenvalue weighted by molar-refractivity contribution is 9.10. The van der Waals surface area contributed by atoms with Crippen LogP contribution >= 0.6 is 27.7 Å². The van der Waals surface area contributed by atoms with Crippen molar-refractivity contribution in [3.63, 3.8) is 0 Å². The highest BCUT2D eigenvalue weighted by atomic mass is 79.9. The molecule has 7 heteroatoms. The van der Waals surface area contributed by atoms with Gasteiger partial charge in [0.1, 0.15) is 6.04 Å². The number of amides is 2. The molecule has 1 aromatic heterocycles. The van der Waals surface area contributed by atoms with Crippen LogP contribution in [0.2, 0.25) is 0 Å². The molecule has 1 aliphatic rings. The summed E-state index contributed by atoms with van der Waals surface area (Å²) in [4.78, 5) is 25.1. The van der Waals surface area contributed by atoms with Crippen LogP contribution < -0.4 is 10.6 Å². The van der Waals surface area contributed by atoms with Gasteiger partial charge in [-0.05, 0) is 66.7 Å². The first-order valence-corrected chi connectivity index (χ1v) is 10.7. The predicted molar refractivity (Wildman–Crippen MR) is 106 cm³/mol. The number of hydrogen-bond acceptors (Lipinski definition) is 4. The minimum atomic E-state index is -0.584. The molecule has 1 aromatic carbocycles. The molecular formula is C19H21BrN2O3S. The Kier molecular flexibility index (Phi) is 6.43. The Bertz CT molecular complexity index is 779. The van der Waals surface area contributed by atoms with E-state index in [1.807, 2.05) is 12.3 Å². The van der Waals surface area contributed by atoms with Gasteiger partial charge in [0.25, 0.3) is 5.91 Å². The van der Waals surface area contributed by atoms with Crippen LogP contribution in [0.5, 0.6) is 0 Å². The maximum absolute atomic E-state index is 12.8. The number of rotatable bonds is 7. The van der Waals surface area contributed by atoms with Crippen molar-refractivity contribution >= 4 is 39.5 Å². The molecule has 0 saturated heterocycles. The average molecular weight is 437 g/mol. The fraction of sp³-hybridized carbons (Fsp3) is 0.368. The molecule has 5 nitrogen and oxygen atoms in total. The van der Waals surface area contributed by atoms with Crippen molar-refractivity contribution in [3.05, 3.63) is 58.0 Å². The molecule has 138 valence electrons. The summed E-state index contributed by atoms with van der Waals surface area (Å²) in [6.45, 7) is 0. The largest absolute Gasteiger partial charge is 0.459 e. The molecule has 26 heavy (non-hydrogen) atoms. The fourth-order valence-corrected chi connectivity index (χ4v) is 4.03. The van der Waals surface area contributed by atoms with E-state index in [-0.39, 0.29) is 23.6 Å². The van der Waals surface area contributed by atoms with E-state index in [4.69, 9.17) is 4.42 Å². The number of carbonyl (C=O) groups excluding carboxylic acids is 2. The number of thioether (sulfide) groups is 1. The maximum atomic E-state index is 12.8. The Morgan fingerprint density at radius 1 is 1.38 bits per heavy atom. The molecule has 1 heterocycles. The third-order valence-corrected chi connectivity index (χ3v) is 5.61. The SMILES string of the molecule is CSCCC(NC(=O)c1ccco1)C(=O)NC1CCc2cc(Br)ccc21. The van der Waals surface area contributed by atoms with Gasteiger partial charge >= 0.3 is 0 Å². The van der Waals surface area contributed by atoms with E-state index in [9.17, 15) is 9.59 Å². The van der Waals surface area contributed by atoms with Gasteiger partial charge in [0.2, 0.25) is 5.91 Å². The van der Waals surface area contributed by atoms with Crippen molar-refractivity contribution in [2.24, 2.45) is 0 Å². The Morgan fingerprint density at radius 2 is 2.23 bits per heavy atom. The van der Waals surface area contributed by atoms with Gasteiger partial charge in [-0.2, -0.15) is 11.8 Å². The molecule has 1 aliphatic carbocycles. The van der Waals surface area contributed by atoms with Gasteiger partial charge in [-0.1, -0.05) is 22.0 Å². The first kappa shape index (κ1) is 19.0. The second-order valence-electron chi connectivity index (χ2n) is 6.23. The molecule has 2 amide bonds. The summed E-state index contributed by atoms with van der Waals surface area (Å²) in [5.74, 6) is 0.472. The van der Waals surface area contributed by atoms with E-state index < -0.39 is 6.04 Å². The number of fused-ring (bicyclic) bond motifs is 1. The molecule has 2 atom stereocenters. The van der Waals surface area contributed by atoms with Crippen molar-refractivity contribution < 1.29 is 14.0 Å². The topological polar surface area (TPSA) is 71.3 Å². The Balaban J connectivity index is 1.67. The summed E-state index contributed by atoms with van der Waals surface area (Å²) < 4.78 is 6.17. The van der Waals surface area contributed by atoms with Crippen molar-refractivity contribution in [1.29, 1.82) is 0 Å². The predicted octanol–water partition coefficient (Wildman–Crippen LogP) is 3.70. The van der Waals surface area contributed by atoms with Gasteiger partial charge in [0, 0.05) is 4.47 Å². The molecule has 0 spiro atoms. The third kappa shape index (κ3) is 4.51. The van der Waals surface area contributed by atoms with E-state index in [1.165, 1.54) is 11.8 Å². The van der Waals surface area contributed by atoms with Crippen LogP contribution in [0.1, 0.15) is 40.6 Å². The van der Waals surface area contributed by atoms with E-state index >= 15 is 0 Å². The molecule has 2 N–H and O–H groups in total. The quantitative estimate of drug-likeness (QED) is 0.693. The van der Waals surface area contributed by atoms with E-state index in [0.717, 1.165) is 28.6 Å². The standard InChI is InChI=1S/C19H21BrN2O3S/c1-26-10-8-16(22-19(24)17-3-2-9-25-17)18(23)21-15-7-4-12-11-13(20)5-6-14(12)15/h2-3,5-6,9,11,15-16H,4,7-8,10H2,1H3,(H,21,23)(H,22,24). The molecule has 3 rings (SSSR count). The number of aryl methyl sites for hydroxylation is 1. The molecule has 0 saturated carbocycles. The lowest BCUT2D eigenvalue weighted by Crippen LogP contribution is -2.47. The minimum Gasteiger partial charge on any atom is -0.459 e. The number of nitrogens with one attached hydrogen (secondary N) is 2. The summed E-state index contributed by atoms with van der Waals surface area (Å²) in [5, 5.41) is 5.90. The summed E-state index contributed by atoms with van der Waals surface area (Å²) >= 11 is 5.13. The van der Waals surface area contributed by atoms with Crippen molar-refractivity contribution in [2.45, 2.75) is 31.3 Å². The summed E-state index contributed by atoms with van der Waals surface area (Å²) in [5.41, 5.74) is 2.41. The first-order chi connectivity index (χ1) is 12.6. The van der Waals surface area contributed by atoms with Crippen molar-refractivity contribution in [3.8, 4) is 0 Å². The van der Waals surface area contributed by atoms with Crippen LogP contribution in [0.3, 0.4) is 0 Å². The van der Waals surface area contributed by atoms with Gasteiger partial charge < -0.3 is 15.1 Å². The molecular weight excluding hydrogens is 416 g/mol. The zero-order valence-corrected chi connectivity index (χ0v) is 16.9. The number of hydrogen-bond donors (Lipinski definition) is 2. The molecule has 0 bridgehead atoms. The highest BCUT2D eigenvalue weighted by Gasteiger charge is 2.28. The maximum Gasteiger partial charge on any atom is 0.287 e. The van der Waals surface area contributed by atoms with Crippen LogP contribution in [0.25, 0.3) is 0 Å². The second kappa shape index (κ2) is 8.77. The lowest BCUT2D eigenvalue weighted by Gasteiger charge is -2.21. The minimum absolute atomic E-state index is 0.0112. The van der Waals surface area contributed by atoms with E-state index in [2.05, 4.69) is 38.7 Å². The fourth-order valence-electron chi connectivity index (χ4n) is 3.15. The van der Waals surface area contributed by atoms with Crippen LogP contribution in [0, 0.1) is 0 Å². The molecule has 0 aliphatic heterocycles. The van der Waals surface area contributed by atoms with Crippen LogP contribution in [-0.2, 0) is 11.2 Å². The third-order valence-electron chi connectivity index (χ3n) is 4.48. The lowest BCUT2D eigenvalue weighted by atomic mass is 10.1. The van der Waals surface area contributed by atoms with Gasteiger partial charge in [0.15, 0.2) is 5.76 Å². The average Bonchev–Trinajstić information content (AvgIpc) is 3.28. The number of furan rings is 1. The molecule has 2 aromatic rings. The Labute approximate surface area is 165 Å². The number of benzene rings is 1. The van der Waals surface area contributed by atoms with Crippen LogP contribution in [0.15, 0.2) is 45.5 Å². The first-order valence-electron chi connectivity index (χ1n) is 8.50. The molecule has 2 unspecified atom stereocenters. The van der Waals surface area contributed by atoms with Crippen molar-refractivity contribution in [2.75, 3.05) is 12.0 Å². The van der Waals surface area contributed by atoms with Crippen molar-refractivity contribution in [1.82, 2.24) is 10.6 Å². The Hall–Kier alpha value is -1.73. The summed E-state index contributed by atoms with van der Waals surface area (Å²) in [7, 11) is 0. The second-order valence-corrected chi connectivity index (χ2v) is 8.13. The lowest BCUT2D eigenvalue weighted by molar-refractivity contribution is -0.123. The number of carbonyl (C=O) groups is 2. The zero-order chi connectivity index (χ0) is 18.5. The molecule has 0 fully saturated rings. The van der Waals surface area contributed by atoms with E-state index in [1.54, 1.807) is 23.9 Å². The highest BCUT2D eigenvalue weighted by Crippen LogP contribution is 2.33. The van der Waals surface area contributed by atoms with Gasteiger partial charge in [0.05, 0.1) is 12.3 Å². The van der Waals surface area contributed by atoms with Gasteiger partial charge in [-0.3, -0.25) is 9.59 Å². The summed E-state index contributed by atoms with van der Waals surface area (Å²) in [6.07, 6.45) is 5.81. The summed E-state index contributed by atoms with van der Waals surface area (Å²) in [6, 6.07) is 8.79. The van der Waals surface area contributed by atoms with Crippen LogP contribution in [-0.4, -0.2) is 29.9 Å². The number of halogens is 1. The van der Waals surface area contributed by atoms with Gasteiger partial charge in [-0.15, -0.1) is 0 Å².